The highest BCUT2D eigenvalue weighted by molar-refractivity contribution is 5.86. The Labute approximate surface area is 150 Å². The second kappa shape index (κ2) is 9.33. The highest BCUT2D eigenvalue weighted by Crippen LogP contribution is 2.29. The zero-order valence-electron chi connectivity index (χ0n) is 13.5. The number of hydrogen-bond acceptors (Lipinski definition) is 3. The van der Waals surface area contributed by atoms with Crippen molar-refractivity contribution >= 4 is 35.6 Å². The Kier molecular flexibility index (Phi) is 8.13. The quantitative estimate of drug-likeness (QED) is 0.864. The van der Waals surface area contributed by atoms with Gasteiger partial charge in [0.05, 0.1) is 0 Å². The Hall–Kier alpha value is -1.000. The number of halogens is 2. The maximum absolute atomic E-state index is 9.58. The Morgan fingerprint density at radius 1 is 1.04 bits per heavy atom. The Bertz CT molecular complexity index is 615. The Morgan fingerprint density at radius 3 is 2.39 bits per heavy atom. The van der Waals surface area contributed by atoms with E-state index < -0.39 is 0 Å². The van der Waals surface area contributed by atoms with Gasteiger partial charge in [-0.1, -0.05) is 31.5 Å². The Balaban J connectivity index is 0.00000132. The van der Waals surface area contributed by atoms with Gasteiger partial charge >= 0.3 is 0 Å². The number of nitrogens with one attached hydrogen (secondary N) is 1. The minimum absolute atomic E-state index is 0. The van der Waals surface area contributed by atoms with E-state index in [9.17, 15) is 5.11 Å². The highest BCUT2D eigenvalue weighted by Gasteiger charge is 2.21. The molecule has 0 amide bonds. The number of piperazine rings is 1. The van der Waals surface area contributed by atoms with E-state index in [0.717, 1.165) is 31.6 Å². The van der Waals surface area contributed by atoms with Crippen molar-refractivity contribution in [2.45, 2.75) is 25.8 Å². The minimum atomic E-state index is 0. The molecule has 1 atom stereocenters. The van der Waals surface area contributed by atoms with Crippen LogP contribution in [0.15, 0.2) is 36.4 Å². The molecule has 0 aromatic heterocycles. The number of phenols is 1. The van der Waals surface area contributed by atoms with Crippen LogP contribution in [0.25, 0.3) is 10.8 Å². The molecule has 5 heteroatoms. The molecule has 23 heavy (non-hydrogen) atoms. The van der Waals surface area contributed by atoms with Crippen LogP contribution in [0, 0.1) is 0 Å². The van der Waals surface area contributed by atoms with Gasteiger partial charge in [-0.15, -0.1) is 24.8 Å². The number of fused-ring (bicyclic) bond motifs is 1. The highest BCUT2D eigenvalue weighted by atomic mass is 35.5. The third kappa shape index (κ3) is 4.74. The summed E-state index contributed by atoms with van der Waals surface area (Å²) in [5.41, 5.74) is 1.40. The molecule has 128 valence electrons. The minimum Gasteiger partial charge on any atom is -0.508 e. The zero-order chi connectivity index (χ0) is 14.7. The first kappa shape index (κ1) is 20.0. The average Bonchev–Trinajstić information content (AvgIpc) is 2.53. The molecule has 0 bridgehead atoms. The van der Waals surface area contributed by atoms with Crippen LogP contribution in [0.2, 0.25) is 0 Å². The SMILES string of the molecule is CCC[C@@H](c1ccc2cc(O)ccc2c1)N1CCNCC1.Cl.Cl. The van der Waals surface area contributed by atoms with Crippen LogP contribution in [0.5, 0.6) is 5.75 Å². The van der Waals surface area contributed by atoms with Crippen molar-refractivity contribution in [1.29, 1.82) is 0 Å². The molecule has 2 aromatic rings. The van der Waals surface area contributed by atoms with Crippen LogP contribution < -0.4 is 5.32 Å². The summed E-state index contributed by atoms with van der Waals surface area (Å²) in [6.45, 7) is 6.67. The summed E-state index contributed by atoms with van der Waals surface area (Å²) in [5, 5.41) is 15.3. The van der Waals surface area contributed by atoms with Gasteiger partial charge in [0.25, 0.3) is 0 Å². The second-order valence-corrected chi connectivity index (χ2v) is 5.88. The van der Waals surface area contributed by atoms with Gasteiger partial charge in [0.15, 0.2) is 0 Å². The molecule has 2 N–H and O–H groups in total. The van der Waals surface area contributed by atoms with Crippen LogP contribution in [0.1, 0.15) is 31.4 Å². The van der Waals surface area contributed by atoms with Crippen molar-refractivity contribution in [3.05, 3.63) is 42.0 Å². The van der Waals surface area contributed by atoms with Crippen molar-refractivity contribution in [1.82, 2.24) is 10.2 Å². The van der Waals surface area contributed by atoms with Gasteiger partial charge in [-0.25, -0.2) is 0 Å². The molecule has 3 rings (SSSR count). The summed E-state index contributed by atoms with van der Waals surface area (Å²) < 4.78 is 0. The number of benzene rings is 2. The van der Waals surface area contributed by atoms with Crippen LogP contribution in [-0.4, -0.2) is 36.2 Å². The van der Waals surface area contributed by atoms with Gasteiger partial charge in [0.1, 0.15) is 5.75 Å². The number of hydrogen-bond donors (Lipinski definition) is 2. The summed E-state index contributed by atoms with van der Waals surface area (Å²) in [4.78, 5) is 2.60. The lowest BCUT2D eigenvalue weighted by molar-refractivity contribution is 0.165. The summed E-state index contributed by atoms with van der Waals surface area (Å²) in [7, 11) is 0. The van der Waals surface area contributed by atoms with Crippen molar-refractivity contribution in [3.63, 3.8) is 0 Å². The lowest BCUT2D eigenvalue weighted by atomic mass is 9.97. The molecule has 3 nitrogen and oxygen atoms in total. The molecule has 0 aliphatic carbocycles. The molecule has 1 aliphatic heterocycles. The molecule has 1 aliphatic rings. The number of rotatable bonds is 4. The predicted molar refractivity (Wildman–Crippen MR) is 102 cm³/mol. The first-order valence-electron chi connectivity index (χ1n) is 7.95. The van der Waals surface area contributed by atoms with E-state index in [2.05, 4.69) is 35.3 Å². The third-order valence-corrected chi connectivity index (χ3v) is 4.39. The van der Waals surface area contributed by atoms with E-state index >= 15 is 0 Å². The summed E-state index contributed by atoms with van der Waals surface area (Å²) in [6.07, 6.45) is 2.39. The Morgan fingerprint density at radius 2 is 1.70 bits per heavy atom. The fourth-order valence-electron chi connectivity index (χ4n) is 3.29. The molecule has 1 saturated heterocycles. The normalized spacial score (nSPS) is 16.4. The first-order valence-corrected chi connectivity index (χ1v) is 7.95. The van der Waals surface area contributed by atoms with Gasteiger partial charge in [-0.2, -0.15) is 0 Å². The van der Waals surface area contributed by atoms with E-state index in [4.69, 9.17) is 0 Å². The summed E-state index contributed by atoms with van der Waals surface area (Å²) in [6, 6.07) is 12.8. The molecular formula is C18H26Cl2N2O. The first-order chi connectivity index (χ1) is 10.3. The van der Waals surface area contributed by atoms with Gasteiger partial charge in [-0.3, -0.25) is 4.90 Å². The predicted octanol–water partition coefficient (Wildman–Crippen LogP) is 4.14. The van der Waals surface area contributed by atoms with E-state index in [1.165, 1.54) is 23.8 Å². The lowest BCUT2D eigenvalue weighted by Crippen LogP contribution is -2.45. The van der Waals surface area contributed by atoms with E-state index in [1.54, 1.807) is 6.07 Å². The fourth-order valence-corrected chi connectivity index (χ4v) is 3.29. The fraction of sp³-hybridized carbons (Fsp3) is 0.444. The molecule has 0 saturated carbocycles. The zero-order valence-corrected chi connectivity index (χ0v) is 15.1. The van der Waals surface area contributed by atoms with Crippen molar-refractivity contribution in [3.8, 4) is 5.75 Å². The molecule has 1 fully saturated rings. The molecule has 0 spiro atoms. The lowest BCUT2D eigenvalue weighted by Gasteiger charge is -2.35. The van der Waals surface area contributed by atoms with Gasteiger partial charge in [0, 0.05) is 32.2 Å². The van der Waals surface area contributed by atoms with Gasteiger partial charge in [0.2, 0.25) is 0 Å². The second-order valence-electron chi connectivity index (χ2n) is 5.88. The van der Waals surface area contributed by atoms with Crippen molar-refractivity contribution in [2.24, 2.45) is 0 Å². The van der Waals surface area contributed by atoms with Crippen LogP contribution >= 0.6 is 24.8 Å². The topological polar surface area (TPSA) is 35.5 Å². The summed E-state index contributed by atoms with van der Waals surface area (Å²) in [5.74, 6) is 0.336. The van der Waals surface area contributed by atoms with Crippen LogP contribution in [0.3, 0.4) is 0 Å². The molecule has 0 unspecified atom stereocenters. The number of aromatic hydroxyl groups is 1. The molecular weight excluding hydrogens is 331 g/mol. The van der Waals surface area contributed by atoms with Gasteiger partial charge in [-0.05, 0) is 41.0 Å². The van der Waals surface area contributed by atoms with Crippen LogP contribution in [-0.2, 0) is 0 Å². The maximum Gasteiger partial charge on any atom is 0.116 e. The van der Waals surface area contributed by atoms with Crippen LogP contribution in [0.4, 0.5) is 0 Å². The van der Waals surface area contributed by atoms with Gasteiger partial charge < -0.3 is 10.4 Å². The third-order valence-electron chi connectivity index (χ3n) is 4.39. The number of phenolic OH excluding ortho intramolecular Hbond substituents is 1. The average molecular weight is 357 g/mol. The largest absolute Gasteiger partial charge is 0.508 e. The monoisotopic (exact) mass is 356 g/mol. The smallest absolute Gasteiger partial charge is 0.116 e. The number of nitrogens with zero attached hydrogens (tertiary/aromatic N) is 1. The standard InChI is InChI=1S/C18H24N2O.2ClH/c1-2-3-18(20-10-8-19-9-11-20)16-5-4-15-13-17(21)7-6-14(15)12-16;;/h4-7,12-13,18-19,21H,2-3,8-11H2,1H3;2*1H/t18-;;/m0../s1. The molecule has 2 aromatic carbocycles. The van der Waals surface area contributed by atoms with E-state index in [0.29, 0.717) is 11.8 Å². The van der Waals surface area contributed by atoms with E-state index in [-0.39, 0.29) is 24.8 Å². The van der Waals surface area contributed by atoms with Crippen molar-refractivity contribution < 1.29 is 5.11 Å². The molecule has 0 radical (unpaired) electrons. The van der Waals surface area contributed by atoms with E-state index in [1.807, 2.05) is 12.1 Å². The summed E-state index contributed by atoms with van der Waals surface area (Å²) >= 11 is 0. The molecule has 1 heterocycles. The van der Waals surface area contributed by atoms with Crippen molar-refractivity contribution in [2.75, 3.05) is 26.2 Å². The maximum atomic E-state index is 9.58.